The molecule has 0 atom stereocenters. The number of nitrogens with zero attached hydrogens (tertiary/aromatic N) is 1. The molecule has 1 heterocycles. The number of para-hydroxylation sites is 1. The van der Waals surface area contributed by atoms with Crippen LogP contribution in [0.4, 0.5) is 5.69 Å². The van der Waals surface area contributed by atoms with Crippen LogP contribution in [-0.2, 0) is 0 Å². The van der Waals surface area contributed by atoms with Crippen molar-refractivity contribution in [3.05, 3.63) is 72.3 Å². The van der Waals surface area contributed by atoms with Crippen LogP contribution in [0.25, 0.3) is 22.6 Å². The lowest BCUT2D eigenvalue weighted by Gasteiger charge is -2.08. The zero-order chi connectivity index (χ0) is 19.5. The second-order valence-electron chi connectivity index (χ2n) is 6.09. The van der Waals surface area contributed by atoms with Gasteiger partial charge in [-0.25, -0.2) is 4.98 Å². The van der Waals surface area contributed by atoms with E-state index in [2.05, 4.69) is 10.3 Å². The van der Waals surface area contributed by atoms with E-state index in [1.165, 1.54) is 7.11 Å². The van der Waals surface area contributed by atoms with Gasteiger partial charge in [0, 0.05) is 17.3 Å². The third-order valence-corrected chi connectivity index (χ3v) is 4.31. The minimum absolute atomic E-state index is 0.260. The Morgan fingerprint density at radius 1 is 0.964 bits per heavy atom. The van der Waals surface area contributed by atoms with Gasteiger partial charge in [0.1, 0.15) is 17.0 Å². The maximum Gasteiger partial charge on any atom is 0.259 e. The molecule has 0 spiro atoms. The van der Waals surface area contributed by atoms with E-state index in [1.807, 2.05) is 30.3 Å². The van der Waals surface area contributed by atoms with Crippen LogP contribution in [0.5, 0.6) is 11.5 Å². The van der Waals surface area contributed by atoms with Crippen LogP contribution in [-0.4, -0.2) is 25.1 Å². The van der Waals surface area contributed by atoms with Crippen molar-refractivity contribution in [2.75, 3.05) is 19.5 Å². The van der Waals surface area contributed by atoms with Gasteiger partial charge in [-0.3, -0.25) is 4.79 Å². The monoisotopic (exact) mass is 374 g/mol. The van der Waals surface area contributed by atoms with Crippen LogP contribution >= 0.6 is 0 Å². The van der Waals surface area contributed by atoms with E-state index in [0.29, 0.717) is 34.0 Å². The fraction of sp³-hybridized carbons (Fsp3) is 0.0909. The Balaban J connectivity index is 1.62. The van der Waals surface area contributed by atoms with Crippen molar-refractivity contribution >= 4 is 22.7 Å². The quantitative estimate of drug-likeness (QED) is 0.545. The average Bonchev–Trinajstić information content (AvgIpc) is 3.17. The Labute approximate surface area is 161 Å². The number of rotatable bonds is 5. The van der Waals surface area contributed by atoms with E-state index in [9.17, 15) is 4.79 Å². The summed E-state index contributed by atoms with van der Waals surface area (Å²) < 4.78 is 16.4. The molecular formula is C22H18N2O4. The summed E-state index contributed by atoms with van der Waals surface area (Å²) >= 11 is 0. The number of fused-ring (bicyclic) bond motifs is 1. The van der Waals surface area contributed by atoms with Crippen molar-refractivity contribution in [1.82, 2.24) is 4.98 Å². The SMILES string of the molecule is COc1cccc(-c2nc3ccc(NC(=O)c4ccccc4OC)cc3o2)c1. The zero-order valence-corrected chi connectivity index (χ0v) is 15.4. The molecule has 140 valence electrons. The number of oxazole rings is 1. The summed E-state index contributed by atoms with van der Waals surface area (Å²) in [5.41, 5.74) is 3.16. The van der Waals surface area contributed by atoms with Gasteiger partial charge in [-0.2, -0.15) is 0 Å². The molecule has 0 bridgehead atoms. The molecule has 4 aromatic rings. The van der Waals surface area contributed by atoms with Gasteiger partial charge in [0.15, 0.2) is 5.58 Å². The van der Waals surface area contributed by atoms with E-state index < -0.39 is 0 Å². The predicted molar refractivity (Wildman–Crippen MR) is 107 cm³/mol. The number of hydrogen-bond donors (Lipinski definition) is 1. The minimum atomic E-state index is -0.260. The predicted octanol–water partition coefficient (Wildman–Crippen LogP) is 4.76. The third-order valence-electron chi connectivity index (χ3n) is 4.31. The fourth-order valence-electron chi connectivity index (χ4n) is 2.91. The number of amides is 1. The van der Waals surface area contributed by atoms with Crippen LogP contribution in [0.3, 0.4) is 0 Å². The Kier molecular flexibility index (Phi) is 4.68. The molecule has 0 radical (unpaired) electrons. The Morgan fingerprint density at radius 2 is 1.82 bits per heavy atom. The van der Waals surface area contributed by atoms with Crippen LogP contribution in [0.1, 0.15) is 10.4 Å². The molecule has 1 N–H and O–H groups in total. The lowest BCUT2D eigenvalue weighted by molar-refractivity contribution is 0.102. The zero-order valence-electron chi connectivity index (χ0n) is 15.4. The van der Waals surface area contributed by atoms with Crippen molar-refractivity contribution < 1.29 is 18.7 Å². The van der Waals surface area contributed by atoms with Crippen LogP contribution < -0.4 is 14.8 Å². The topological polar surface area (TPSA) is 73.6 Å². The molecule has 0 aliphatic carbocycles. The Morgan fingerprint density at radius 3 is 2.64 bits per heavy atom. The highest BCUT2D eigenvalue weighted by Gasteiger charge is 2.14. The van der Waals surface area contributed by atoms with Crippen molar-refractivity contribution in [2.45, 2.75) is 0 Å². The number of benzene rings is 3. The number of nitrogens with one attached hydrogen (secondary N) is 1. The Bertz CT molecular complexity index is 1150. The van der Waals surface area contributed by atoms with Crippen molar-refractivity contribution in [3.8, 4) is 23.0 Å². The minimum Gasteiger partial charge on any atom is -0.497 e. The number of anilines is 1. The van der Waals surface area contributed by atoms with E-state index in [-0.39, 0.29) is 5.91 Å². The first-order valence-corrected chi connectivity index (χ1v) is 8.67. The molecule has 3 aromatic carbocycles. The average molecular weight is 374 g/mol. The van der Waals surface area contributed by atoms with Crippen LogP contribution in [0, 0.1) is 0 Å². The molecule has 0 saturated carbocycles. The highest BCUT2D eigenvalue weighted by molar-refractivity contribution is 6.06. The number of methoxy groups -OCH3 is 2. The molecule has 6 nitrogen and oxygen atoms in total. The fourth-order valence-corrected chi connectivity index (χ4v) is 2.91. The Hall–Kier alpha value is -3.80. The maximum atomic E-state index is 12.6. The molecule has 0 aliphatic heterocycles. The summed E-state index contributed by atoms with van der Waals surface area (Å²) in [6, 6.07) is 19.9. The number of aromatic nitrogens is 1. The van der Waals surface area contributed by atoms with Gasteiger partial charge in [0.2, 0.25) is 5.89 Å². The van der Waals surface area contributed by atoms with Gasteiger partial charge >= 0.3 is 0 Å². The first kappa shape index (κ1) is 17.6. The molecule has 1 aromatic heterocycles. The summed E-state index contributed by atoms with van der Waals surface area (Å²) in [4.78, 5) is 17.1. The maximum absolute atomic E-state index is 12.6. The summed E-state index contributed by atoms with van der Waals surface area (Å²) in [5.74, 6) is 1.47. The highest BCUT2D eigenvalue weighted by atomic mass is 16.5. The lowest BCUT2D eigenvalue weighted by Crippen LogP contribution is -2.12. The first-order valence-electron chi connectivity index (χ1n) is 8.67. The second-order valence-corrected chi connectivity index (χ2v) is 6.09. The number of carbonyl (C=O) groups is 1. The summed E-state index contributed by atoms with van der Waals surface area (Å²) in [6.45, 7) is 0. The highest BCUT2D eigenvalue weighted by Crippen LogP contribution is 2.28. The van der Waals surface area contributed by atoms with Gasteiger partial charge < -0.3 is 19.2 Å². The van der Waals surface area contributed by atoms with E-state index in [4.69, 9.17) is 13.9 Å². The molecule has 4 rings (SSSR count). The molecule has 6 heteroatoms. The van der Waals surface area contributed by atoms with Crippen LogP contribution in [0.15, 0.2) is 71.1 Å². The van der Waals surface area contributed by atoms with Gasteiger partial charge in [0.05, 0.1) is 19.8 Å². The standard InChI is InChI=1S/C22H18N2O4/c1-26-16-7-5-6-14(12-16)22-24-18-11-10-15(13-20(18)28-22)23-21(25)17-8-3-4-9-19(17)27-2/h3-13H,1-2H3,(H,23,25). The molecule has 0 fully saturated rings. The smallest absolute Gasteiger partial charge is 0.259 e. The normalized spacial score (nSPS) is 10.6. The van der Waals surface area contributed by atoms with Crippen molar-refractivity contribution in [1.29, 1.82) is 0 Å². The van der Waals surface area contributed by atoms with E-state index in [1.54, 1.807) is 43.5 Å². The summed E-state index contributed by atoms with van der Waals surface area (Å²) in [5, 5.41) is 2.87. The third kappa shape index (κ3) is 3.40. The molecule has 0 unspecified atom stereocenters. The number of carbonyl (C=O) groups excluding carboxylic acids is 1. The van der Waals surface area contributed by atoms with Gasteiger partial charge in [-0.15, -0.1) is 0 Å². The van der Waals surface area contributed by atoms with Gasteiger partial charge in [-0.05, 0) is 42.5 Å². The van der Waals surface area contributed by atoms with Gasteiger partial charge in [0.25, 0.3) is 5.91 Å². The van der Waals surface area contributed by atoms with E-state index >= 15 is 0 Å². The molecular weight excluding hydrogens is 356 g/mol. The first-order chi connectivity index (χ1) is 13.7. The van der Waals surface area contributed by atoms with Crippen molar-refractivity contribution in [2.24, 2.45) is 0 Å². The van der Waals surface area contributed by atoms with Gasteiger partial charge in [-0.1, -0.05) is 18.2 Å². The van der Waals surface area contributed by atoms with E-state index in [0.717, 1.165) is 11.3 Å². The lowest BCUT2D eigenvalue weighted by atomic mass is 10.2. The molecule has 28 heavy (non-hydrogen) atoms. The summed E-state index contributed by atoms with van der Waals surface area (Å²) in [6.07, 6.45) is 0. The van der Waals surface area contributed by atoms with Crippen molar-refractivity contribution in [3.63, 3.8) is 0 Å². The number of hydrogen-bond acceptors (Lipinski definition) is 5. The molecule has 0 saturated heterocycles. The molecule has 1 amide bonds. The molecule has 0 aliphatic rings. The summed E-state index contributed by atoms with van der Waals surface area (Å²) in [7, 11) is 3.15. The second kappa shape index (κ2) is 7.44. The van der Waals surface area contributed by atoms with Crippen LogP contribution in [0.2, 0.25) is 0 Å². The number of ether oxygens (including phenoxy) is 2. The largest absolute Gasteiger partial charge is 0.497 e.